The largest absolute Gasteiger partial charge is 0.437 e. The molecule has 0 bridgehead atoms. The summed E-state index contributed by atoms with van der Waals surface area (Å²) in [5.74, 6) is 1.33. The number of aryl methyl sites for hydroxylation is 2. The first-order valence-corrected chi connectivity index (χ1v) is 7.85. The Bertz CT molecular complexity index is 616. The molecule has 4 nitrogen and oxygen atoms in total. The molecule has 0 amide bonds. The Hall–Kier alpha value is -1.46. The number of nitrogens with one attached hydrogen (secondary N) is 1. The molecule has 21 heavy (non-hydrogen) atoms. The highest BCUT2D eigenvalue weighted by Crippen LogP contribution is 2.27. The lowest BCUT2D eigenvalue weighted by atomic mass is 10.1. The van der Waals surface area contributed by atoms with Crippen molar-refractivity contribution in [2.45, 2.75) is 33.7 Å². The summed E-state index contributed by atoms with van der Waals surface area (Å²) in [4.78, 5) is 8.65. The Morgan fingerprint density at radius 3 is 2.76 bits per heavy atom. The molecule has 0 unspecified atom stereocenters. The number of hydrogen-bond donors (Lipinski definition) is 1. The summed E-state index contributed by atoms with van der Waals surface area (Å²) in [7, 11) is 0. The Morgan fingerprint density at radius 1 is 1.24 bits per heavy atom. The van der Waals surface area contributed by atoms with Crippen LogP contribution in [-0.4, -0.2) is 16.5 Å². The highest BCUT2D eigenvalue weighted by Gasteiger charge is 2.11. The van der Waals surface area contributed by atoms with Gasteiger partial charge in [0.15, 0.2) is 0 Å². The molecule has 0 fully saturated rings. The second-order valence-electron chi connectivity index (χ2n) is 4.98. The molecule has 2 heterocycles. The van der Waals surface area contributed by atoms with Crippen molar-refractivity contribution >= 4 is 15.9 Å². The zero-order valence-corrected chi connectivity index (χ0v) is 14.2. The van der Waals surface area contributed by atoms with E-state index >= 15 is 0 Å². The molecule has 0 aliphatic heterocycles. The summed E-state index contributed by atoms with van der Waals surface area (Å²) in [6.07, 6.45) is 4.52. The van der Waals surface area contributed by atoms with E-state index in [4.69, 9.17) is 4.74 Å². The van der Waals surface area contributed by atoms with Crippen LogP contribution in [0.2, 0.25) is 0 Å². The molecule has 0 aliphatic rings. The molecular formula is C16H20BrN3O. The molecule has 0 aromatic carbocycles. The number of nitrogens with zero attached hydrogens (tertiary/aromatic N) is 2. The highest BCUT2D eigenvalue weighted by atomic mass is 79.9. The average molecular weight is 350 g/mol. The lowest BCUT2D eigenvalue weighted by Gasteiger charge is -2.14. The average Bonchev–Trinajstić information content (AvgIpc) is 2.42. The quantitative estimate of drug-likeness (QED) is 0.795. The summed E-state index contributed by atoms with van der Waals surface area (Å²) < 4.78 is 6.82. The molecule has 0 spiro atoms. The van der Waals surface area contributed by atoms with Gasteiger partial charge in [-0.2, -0.15) is 0 Å². The lowest BCUT2D eigenvalue weighted by Crippen LogP contribution is -2.16. The predicted molar refractivity (Wildman–Crippen MR) is 87.7 cm³/mol. The molecular weight excluding hydrogens is 330 g/mol. The number of pyridine rings is 2. The van der Waals surface area contributed by atoms with E-state index in [2.05, 4.69) is 51.1 Å². The van der Waals surface area contributed by atoms with Crippen LogP contribution in [0.1, 0.15) is 30.2 Å². The zero-order valence-electron chi connectivity index (χ0n) is 12.6. The summed E-state index contributed by atoms with van der Waals surface area (Å²) in [6.45, 7) is 7.94. The van der Waals surface area contributed by atoms with E-state index in [1.165, 1.54) is 5.56 Å². The van der Waals surface area contributed by atoms with Crippen molar-refractivity contribution in [1.29, 1.82) is 0 Å². The van der Waals surface area contributed by atoms with Gasteiger partial charge in [-0.05, 0) is 60.4 Å². The topological polar surface area (TPSA) is 47.0 Å². The Balaban J connectivity index is 2.27. The minimum absolute atomic E-state index is 0.649. The molecule has 1 N–H and O–H groups in total. The first-order valence-electron chi connectivity index (χ1n) is 7.06. The Morgan fingerprint density at radius 2 is 2.05 bits per heavy atom. The molecule has 5 heteroatoms. The number of halogens is 1. The van der Waals surface area contributed by atoms with Gasteiger partial charge < -0.3 is 10.1 Å². The van der Waals surface area contributed by atoms with Gasteiger partial charge in [-0.25, -0.2) is 4.98 Å². The van der Waals surface area contributed by atoms with E-state index < -0.39 is 0 Å². The fourth-order valence-electron chi connectivity index (χ4n) is 2.08. The third kappa shape index (κ3) is 4.51. The highest BCUT2D eigenvalue weighted by molar-refractivity contribution is 9.10. The van der Waals surface area contributed by atoms with Crippen molar-refractivity contribution in [3.8, 4) is 11.6 Å². The van der Waals surface area contributed by atoms with Crippen LogP contribution in [0.15, 0.2) is 29.0 Å². The number of hydrogen-bond acceptors (Lipinski definition) is 4. The van der Waals surface area contributed by atoms with Crippen LogP contribution in [0.3, 0.4) is 0 Å². The van der Waals surface area contributed by atoms with Crippen LogP contribution in [0.25, 0.3) is 0 Å². The number of rotatable bonds is 6. The van der Waals surface area contributed by atoms with E-state index in [1.54, 1.807) is 12.4 Å². The summed E-state index contributed by atoms with van der Waals surface area (Å²) in [5.41, 5.74) is 3.22. The van der Waals surface area contributed by atoms with Crippen molar-refractivity contribution in [2.75, 3.05) is 6.54 Å². The standard InChI is InChI=1S/C16H20BrN3O/c1-4-5-18-10-15-11(2)6-12(3)20-16(15)21-14-7-13(17)8-19-9-14/h6-9,18H,4-5,10H2,1-3H3. The van der Waals surface area contributed by atoms with E-state index in [9.17, 15) is 0 Å². The van der Waals surface area contributed by atoms with Gasteiger partial charge in [0.05, 0.1) is 6.20 Å². The van der Waals surface area contributed by atoms with E-state index in [-0.39, 0.29) is 0 Å². The molecule has 2 rings (SSSR count). The molecule has 0 aliphatic carbocycles. The first-order chi connectivity index (χ1) is 10.1. The first kappa shape index (κ1) is 15.9. The van der Waals surface area contributed by atoms with Gasteiger partial charge in [0.1, 0.15) is 5.75 Å². The minimum Gasteiger partial charge on any atom is -0.437 e. The molecule has 112 valence electrons. The monoisotopic (exact) mass is 349 g/mol. The van der Waals surface area contributed by atoms with Crippen molar-refractivity contribution in [1.82, 2.24) is 15.3 Å². The molecule has 2 aromatic heterocycles. The second-order valence-corrected chi connectivity index (χ2v) is 5.90. The van der Waals surface area contributed by atoms with Crippen molar-refractivity contribution in [3.63, 3.8) is 0 Å². The maximum atomic E-state index is 5.94. The normalized spacial score (nSPS) is 10.7. The summed E-state index contributed by atoms with van der Waals surface area (Å²) in [6, 6.07) is 3.96. The fraction of sp³-hybridized carbons (Fsp3) is 0.375. The van der Waals surface area contributed by atoms with E-state index in [0.29, 0.717) is 11.6 Å². The minimum atomic E-state index is 0.649. The van der Waals surface area contributed by atoms with E-state index in [0.717, 1.165) is 35.2 Å². The maximum Gasteiger partial charge on any atom is 0.224 e. The zero-order chi connectivity index (χ0) is 15.2. The van der Waals surface area contributed by atoms with Gasteiger partial charge in [-0.3, -0.25) is 4.98 Å². The van der Waals surface area contributed by atoms with Crippen LogP contribution < -0.4 is 10.1 Å². The summed E-state index contributed by atoms with van der Waals surface area (Å²) in [5, 5.41) is 3.40. The lowest BCUT2D eigenvalue weighted by molar-refractivity contribution is 0.448. The van der Waals surface area contributed by atoms with Crippen molar-refractivity contribution in [2.24, 2.45) is 0 Å². The Kier molecular flexibility index (Phi) is 5.70. The van der Waals surface area contributed by atoms with Crippen LogP contribution in [0, 0.1) is 13.8 Å². The molecule has 0 atom stereocenters. The third-order valence-corrected chi connectivity index (χ3v) is 3.49. The smallest absolute Gasteiger partial charge is 0.224 e. The van der Waals surface area contributed by atoms with Crippen LogP contribution in [0.5, 0.6) is 11.6 Å². The summed E-state index contributed by atoms with van der Waals surface area (Å²) >= 11 is 3.40. The SMILES string of the molecule is CCCNCc1c(C)cc(C)nc1Oc1cncc(Br)c1. The molecule has 2 aromatic rings. The third-order valence-electron chi connectivity index (χ3n) is 3.06. The number of aromatic nitrogens is 2. The van der Waals surface area contributed by atoms with Gasteiger partial charge in [0, 0.05) is 28.5 Å². The van der Waals surface area contributed by atoms with Crippen LogP contribution >= 0.6 is 15.9 Å². The second kappa shape index (κ2) is 7.52. The molecule has 0 radical (unpaired) electrons. The van der Waals surface area contributed by atoms with Gasteiger partial charge >= 0.3 is 0 Å². The van der Waals surface area contributed by atoms with Gasteiger partial charge in [-0.15, -0.1) is 0 Å². The van der Waals surface area contributed by atoms with Gasteiger partial charge in [-0.1, -0.05) is 6.92 Å². The van der Waals surface area contributed by atoms with E-state index in [1.807, 2.05) is 13.0 Å². The van der Waals surface area contributed by atoms with Crippen LogP contribution in [0.4, 0.5) is 0 Å². The van der Waals surface area contributed by atoms with Gasteiger partial charge in [0.2, 0.25) is 5.88 Å². The van der Waals surface area contributed by atoms with Crippen molar-refractivity contribution < 1.29 is 4.74 Å². The molecule has 0 saturated carbocycles. The molecule has 0 saturated heterocycles. The maximum absolute atomic E-state index is 5.94. The van der Waals surface area contributed by atoms with Crippen LogP contribution in [-0.2, 0) is 6.54 Å². The fourth-order valence-corrected chi connectivity index (χ4v) is 2.42. The predicted octanol–water partition coefficient (Wildman–Crippen LogP) is 4.15. The van der Waals surface area contributed by atoms with Gasteiger partial charge in [0.25, 0.3) is 0 Å². The Labute approximate surface area is 134 Å². The number of ether oxygens (including phenoxy) is 1. The van der Waals surface area contributed by atoms with Crippen molar-refractivity contribution in [3.05, 3.63) is 45.8 Å².